The molecule has 0 saturated carbocycles. The average Bonchev–Trinajstić information content (AvgIpc) is 2.72. The Labute approximate surface area is 118 Å². The van der Waals surface area contributed by atoms with Gasteiger partial charge < -0.3 is 14.2 Å². The molecule has 0 N–H and O–H groups in total. The van der Waals surface area contributed by atoms with Crippen molar-refractivity contribution in [3.05, 3.63) is 12.2 Å². The molecule has 2 saturated heterocycles. The second-order valence-corrected chi connectivity index (χ2v) is 5.77. The SMILES string of the molecule is CC(=O)O[C@@H]1C=C[C@]23C[C@H]1OC2CCC(CCC#N)O3. The highest BCUT2D eigenvalue weighted by atomic mass is 16.6. The quantitative estimate of drug-likeness (QED) is 0.582. The molecule has 2 heterocycles. The van der Waals surface area contributed by atoms with Gasteiger partial charge in [-0.2, -0.15) is 5.26 Å². The zero-order valence-electron chi connectivity index (χ0n) is 11.6. The fraction of sp³-hybridized carbons (Fsp3) is 0.733. The van der Waals surface area contributed by atoms with Crippen LogP contribution >= 0.6 is 0 Å². The summed E-state index contributed by atoms with van der Waals surface area (Å²) in [6.07, 6.45) is 7.55. The summed E-state index contributed by atoms with van der Waals surface area (Å²) in [7, 11) is 0. The molecule has 2 unspecified atom stereocenters. The number of hydrogen-bond donors (Lipinski definition) is 0. The number of nitrogens with zero attached hydrogens (tertiary/aromatic N) is 1. The Kier molecular flexibility index (Phi) is 3.53. The first-order valence-electron chi connectivity index (χ1n) is 7.20. The third-order valence-electron chi connectivity index (χ3n) is 4.36. The topological polar surface area (TPSA) is 68.5 Å². The summed E-state index contributed by atoms with van der Waals surface area (Å²) in [6.45, 7) is 1.41. The van der Waals surface area contributed by atoms with Gasteiger partial charge in [-0.05, 0) is 25.3 Å². The Morgan fingerprint density at radius 1 is 1.55 bits per heavy atom. The Morgan fingerprint density at radius 3 is 3.15 bits per heavy atom. The van der Waals surface area contributed by atoms with E-state index in [9.17, 15) is 4.79 Å². The summed E-state index contributed by atoms with van der Waals surface area (Å²) in [4.78, 5) is 11.1. The van der Waals surface area contributed by atoms with Crippen molar-refractivity contribution in [1.29, 1.82) is 5.26 Å². The lowest BCUT2D eigenvalue weighted by Crippen LogP contribution is -2.47. The van der Waals surface area contributed by atoms with Crippen LogP contribution in [0.3, 0.4) is 0 Å². The Hall–Kier alpha value is -1.38. The van der Waals surface area contributed by atoms with Crippen LogP contribution < -0.4 is 0 Å². The molecule has 20 heavy (non-hydrogen) atoms. The molecule has 1 aliphatic carbocycles. The second kappa shape index (κ2) is 5.19. The highest BCUT2D eigenvalue weighted by Crippen LogP contribution is 2.47. The average molecular weight is 277 g/mol. The van der Waals surface area contributed by atoms with Crippen LogP contribution in [0.2, 0.25) is 0 Å². The van der Waals surface area contributed by atoms with Crippen LogP contribution in [-0.4, -0.2) is 36.0 Å². The molecule has 2 aliphatic heterocycles. The van der Waals surface area contributed by atoms with Gasteiger partial charge in [0.15, 0.2) is 0 Å². The highest BCUT2D eigenvalue weighted by molar-refractivity contribution is 5.66. The van der Waals surface area contributed by atoms with E-state index in [1.807, 2.05) is 12.2 Å². The minimum Gasteiger partial charge on any atom is -0.456 e. The molecular weight excluding hydrogens is 258 g/mol. The second-order valence-electron chi connectivity index (χ2n) is 5.77. The van der Waals surface area contributed by atoms with Gasteiger partial charge in [0.2, 0.25) is 0 Å². The summed E-state index contributed by atoms with van der Waals surface area (Å²) in [5.74, 6) is -0.290. The maximum absolute atomic E-state index is 11.1. The smallest absolute Gasteiger partial charge is 0.303 e. The Bertz CT molecular complexity index is 469. The van der Waals surface area contributed by atoms with E-state index in [1.54, 1.807) is 0 Å². The highest BCUT2D eigenvalue weighted by Gasteiger charge is 2.55. The third-order valence-corrected chi connectivity index (χ3v) is 4.36. The van der Waals surface area contributed by atoms with Crippen molar-refractivity contribution in [3.63, 3.8) is 0 Å². The van der Waals surface area contributed by atoms with Crippen molar-refractivity contribution in [3.8, 4) is 6.07 Å². The van der Waals surface area contributed by atoms with Gasteiger partial charge in [-0.1, -0.05) is 6.08 Å². The van der Waals surface area contributed by atoms with Crippen LogP contribution in [0.4, 0.5) is 0 Å². The Morgan fingerprint density at radius 2 is 2.40 bits per heavy atom. The number of nitriles is 1. The number of fused-ring (bicyclic) bond motifs is 1. The molecule has 0 aromatic carbocycles. The normalized spacial score (nSPS) is 41.8. The van der Waals surface area contributed by atoms with Gasteiger partial charge in [0.05, 0.1) is 18.3 Å². The van der Waals surface area contributed by atoms with E-state index in [4.69, 9.17) is 19.5 Å². The summed E-state index contributed by atoms with van der Waals surface area (Å²) in [6, 6.07) is 2.17. The fourth-order valence-corrected chi connectivity index (χ4v) is 3.49. The lowest BCUT2D eigenvalue weighted by Gasteiger charge is -2.40. The van der Waals surface area contributed by atoms with E-state index < -0.39 is 0 Å². The minimum atomic E-state index is -0.375. The number of hydrogen-bond acceptors (Lipinski definition) is 5. The fourth-order valence-electron chi connectivity index (χ4n) is 3.49. The molecule has 0 aromatic rings. The molecule has 2 bridgehead atoms. The zero-order chi connectivity index (χ0) is 14.2. The molecule has 3 aliphatic rings. The van der Waals surface area contributed by atoms with E-state index in [2.05, 4.69) is 6.07 Å². The van der Waals surface area contributed by atoms with Crippen molar-refractivity contribution in [2.75, 3.05) is 0 Å². The third kappa shape index (κ3) is 2.34. The zero-order valence-corrected chi connectivity index (χ0v) is 11.6. The number of carbonyl (C=O) groups is 1. The van der Waals surface area contributed by atoms with Crippen molar-refractivity contribution in [1.82, 2.24) is 0 Å². The van der Waals surface area contributed by atoms with E-state index in [1.165, 1.54) is 6.92 Å². The minimum absolute atomic E-state index is 0.0441. The molecule has 5 heteroatoms. The number of carbonyl (C=O) groups excluding carboxylic acids is 1. The molecule has 108 valence electrons. The lowest BCUT2D eigenvalue weighted by atomic mass is 9.82. The van der Waals surface area contributed by atoms with Gasteiger partial charge in [-0.3, -0.25) is 4.79 Å². The first-order chi connectivity index (χ1) is 9.63. The maximum atomic E-state index is 11.1. The lowest BCUT2D eigenvalue weighted by molar-refractivity contribution is -0.152. The van der Waals surface area contributed by atoms with E-state index in [0.717, 1.165) is 25.7 Å². The number of ether oxygens (including phenoxy) is 3. The van der Waals surface area contributed by atoms with Crippen LogP contribution in [0, 0.1) is 11.3 Å². The van der Waals surface area contributed by atoms with Gasteiger partial charge in [-0.25, -0.2) is 0 Å². The van der Waals surface area contributed by atoms with E-state index in [0.29, 0.717) is 6.42 Å². The first-order valence-corrected chi connectivity index (χ1v) is 7.20. The molecule has 0 amide bonds. The van der Waals surface area contributed by atoms with Crippen molar-refractivity contribution < 1.29 is 19.0 Å². The molecule has 2 fully saturated rings. The van der Waals surface area contributed by atoms with Crippen LogP contribution in [0.15, 0.2) is 12.2 Å². The van der Waals surface area contributed by atoms with Crippen LogP contribution in [0.1, 0.15) is 39.0 Å². The van der Waals surface area contributed by atoms with Gasteiger partial charge in [0.1, 0.15) is 17.8 Å². The number of esters is 1. The van der Waals surface area contributed by atoms with Crippen molar-refractivity contribution >= 4 is 5.97 Å². The predicted octanol–water partition coefficient (Wildman–Crippen LogP) is 1.87. The van der Waals surface area contributed by atoms with Gasteiger partial charge in [0, 0.05) is 19.8 Å². The molecule has 0 radical (unpaired) electrons. The van der Waals surface area contributed by atoms with Crippen LogP contribution in [0.25, 0.3) is 0 Å². The predicted molar refractivity (Wildman–Crippen MR) is 69.7 cm³/mol. The molecular formula is C15H19NO4. The summed E-state index contributed by atoms with van der Waals surface area (Å²) in [5, 5.41) is 8.68. The van der Waals surface area contributed by atoms with E-state index in [-0.39, 0.29) is 36.0 Å². The number of rotatable bonds is 3. The van der Waals surface area contributed by atoms with Crippen LogP contribution in [0.5, 0.6) is 0 Å². The Balaban J connectivity index is 1.71. The molecule has 1 spiro atoms. The molecule has 0 aromatic heterocycles. The molecule has 5 nitrogen and oxygen atoms in total. The van der Waals surface area contributed by atoms with Crippen molar-refractivity contribution in [2.45, 2.75) is 69.0 Å². The largest absolute Gasteiger partial charge is 0.456 e. The van der Waals surface area contributed by atoms with E-state index >= 15 is 0 Å². The maximum Gasteiger partial charge on any atom is 0.303 e. The summed E-state index contributed by atoms with van der Waals surface area (Å²) in [5.41, 5.74) is -0.375. The van der Waals surface area contributed by atoms with Crippen LogP contribution in [-0.2, 0) is 19.0 Å². The first kappa shape index (κ1) is 13.6. The standard InChI is InChI=1S/C15H19NO4/c1-10(17)18-12-6-7-15-9-13(12)19-14(15)5-4-11(20-15)3-2-8-16/h6-7,11-14H,2-5,9H2,1H3/t11?,12-,13-,14?,15+/m1/s1. The van der Waals surface area contributed by atoms with Gasteiger partial charge >= 0.3 is 5.97 Å². The summed E-state index contributed by atoms with van der Waals surface area (Å²) < 4.78 is 17.5. The monoisotopic (exact) mass is 277 g/mol. The molecule has 5 atom stereocenters. The summed E-state index contributed by atoms with van der Waals surface area (Å²) >= 11 is 0. The van der Waals surface area contributed by atoms with Crippen molar-refractivity contribution in [2.24, 2.45) is 0 Å². The van der Waals surface area contributed by atoms with Gasteiger partial charge in [-0.15, -0.1) is 0 Å². The molecule has 3 rings (SSSR count). The van der Waals surface area contributed by atoms with Gasteiger partial charge in [0.25, 0.3) is 0 Å².